The van der Waals surface area contributed by atoms with Gasteiger partial charge in [-0.25, -0.2) is 0 Å². The van der Waals surface area contributed by atoms with E-state index in [1.165, 1.54) is 0 Å². The third-order valence-electron chi connectivity index (χ3n) is 3.79. The number of carbonyl (C=O) groups excluding carboxylic acids is 1. The highest BCUT2D eigenvalue weighted by atomic mass is 16.5. The van der Waals surface area contributed by atoms with Gasteiger partial charge in [0.15, 0.2) is 0 Å². The summed E-state index contributed by atoms with van der Waals surface area (Å²) >= 11 is 0. The highest BCUT2D eigenvalue weighted by Gasteiger charge is 2.50. The molecule has 0 spiro atoms. The number of aliphatic hydroxyl groups is 1. The van der Waals surface area contributed by atoms with E-state index in [0.717, 1.165) is 38.5 Å². The van der Waals surface area contributed by atoms with Crippen molar-refractivity contribution in [1.29, 1.82) is 0 Å². The SMILES string of the molecule is CCOC(=O)C1(C(C)(C)O)CCCCCC1. The highest BCUT2D eigenvalue weighted by Crippen LogP contribution is 2.44. The van der Waals surface area contributed by atoms with Crippen molar-refractivity contribution in [3.63, 3.8) is 0 Å². The van der Waals surface area contributed by atoms with Crippen LogP contribution in [0.4, 0.5) is 0 Å². The molecule has 0 bridgehead atoms. The minimum absolute atomic E-state index is 0.218. The second kappa shape index (κ2) is 5.17. The predicted molar refractivity (Wildman–Crippen MR) is 63.1 cm³/mol. The van der Waals surface area contributed by atoms with Crippen LogP contribution in [0.15, 0.2) is 0 Å². The Balaban J connectivity index is 2.95. The summed E-state index contributed by atoms with van der Waals surface area (Å²) in [5, 5.41) is 10.3. The second-order valence-corrected chi connectivity index (χ2v) is 5.28. The van der Waals surface area contributed by atoms with Crippen molar-refractivity contribution in [3.8, 4) is 0 Å². The zero-order valence-corrected chi connectivity index (χ0v) is 10.7. The molecule has 1 rings (SSSR count). The molecule has 16 heavy (non-hydrogen) atoms. The molecule has 0 aromatic rings. The Labute approximate surface area is 98.2 Å². The molecule has 0 unspecified atom stereocenters. The maximum atomic E-state index is 12.1. The minimum Gasteiger partial charge on any atom is -0.465 e. The van der Waals surface area contributed by atoms with Crippen LogP contribution in [0.5, 0.6) is 0 Å². The first-order valence-corrected chi connectivity index (χ1v) is 6.33. The second-order valence-electron chi connectivity index (χ2n) is 5.28. The first kappa shape index (κ1) is 13.5. The van der Waals surface area contributed by atoms with Crippen molar-refractivity contribution in [2.45, 2.75) is 64.9 Å². The molecule has 0 saturated heterocycles. The Morgan fingerprint density at radius 1 is 1.25 bits per heavy atom. The van der Waals surface area contributed by atoms with E-state index in [-0.39, 0.29) is 5.97 Å². The molecule has 1 saturated carbocycles. The quantitative estimate of drug-likeness (QED) is 0.596. The van der Waals surface area contributed by atoms with Crippen molar-refractivity contribution in [2.24, 2.45) is 5.41 Å². The van der Waals surface area contributed by atoms with Gasteiger partial charge in [-0.15, -0.1) is 0 Å². The molecule has 1 aliphatic rings. The molecule has 3 heteroatoms. The number of esters is 1. The normalized spacial score (nSPS) is 21.2. The smallest absolute Gasteiger partial charge is 0.314 e. The van der Waals surface area contributed by atoms with Gasteiger partial charge >= 0.3 is 5.97 Å². The Morgan fingerprint density at radius 2 is 1.75 bits per heavy atom. The molecule has 0 aromatic carbocycles. The minimum atomic E-state index is -0.996. The van der Waals surface area contributed by atoms with Crippen molar-refractivity contribution < 1.29 is 14.6 Å². The lowest BCUT2D eigenvalue weighted by molar-refractivity contribution is -0.173. The van der Waals surface area contributed by atoms with E-state index < -0.39 is 11.0 Å². The van der Waals surface area contributed by atoms with Gasteiger partial charge in [0.2, 0.25) is 0 Å². The standard InChI is InChI=1S/C13H24O3/c1-4-16-11(14)13(12(2,3)15)9-7-5-6-8-10-13/h15H,4-10H2,1-3H3. The van der Waals surface area contributed by atoms with E-state index in [2.05, 4.69) is 0 Å². The van der Waals surface area contributed by atoms with Gasteiger partial charge in [-0.1, -0.05) is 25.7 Å². The molecule has 94 valence electrons. The molecular formula is C13H24O3. The number of rotatable bonds is 3. The van der Waals surface area contributed by atoms with Crippen LogP contribution in [-0.4, -0.2) is 23.3 Å². The van der Waals surface area contributed by atoms with Gasteiger partial charge in [-0.2, -0.15) is 0 Å². The highest BCUT2D eigenvalue weighted by molar-refractivity contribution is 5.78. The van der Waals surface area contributed by atoms with E-state index in [0.29, 0.717) is 6.61 Å². The van der Waals surface area contributed by atoms with Crippen LogP contribution >= 0.6 is 0 Å². The number of hydrogen-bond donors (Lipinski definition) is 1. The Bertz CT molecular complexity index is 232. The summed E-state index contributed by atoms with van der Waals surface area (Å²) in [6.07, 6.45) is 5.80. The van der Waals surface area contributed by atoms with Crippen LogP contribution < -0.4 is 0 Å². The largest absolute Gasteiger partial charge is 0.465 e. The molecule has 0 aliphatic heterocycles. The monoisotopic (exact) mass is 228 g/mol. The summed E-state index contributed by atoms with van der Waals surface area (Å²) < 4.78 is 5.17. The van der Waals surface area contributed by atoms with Gasteiger partial charge in [0.1, 0.15) is 0 Å². The first-order valence-electron chi connectivity index (χ1n) is 6.33. The number of ether oxygens (including phenoxy) is 1. The maximum absolute atomic E-state index is 12.1. The van der Waals surface area contributed by atoms with Crippen LogP contribution in [0, 0.1) is 5.41 Å². The van der Waals surface area contributed by atoms with E-state index in [1.54, 1.807) is 13.8 Å². The lowest BCUT2D eigenvalue weighted by atomic mass is 9.68. The van der Waals surface area contributed by atoms with Crippen LogP contribution in [0.2, 0.25) is 0 Å². The molecule has 0 atom stereocenters. The van der Waals surface area contributed by atoms with Crippen LogP contribution in [0.25, 0.3) is 0 Å². The molecule has 3 nitrogen and oxygen atoms in total. The van der Waals surface area contributed by atoms with E-state index >= 15 is 0 Å². The van der Waals surface area contributed by atoms with Crippen LogP contribution in [0.3, 0.4) is 0 Å². The third kappa shape index (κ3) is 2.57. The molecule has 0 aromatic heterocycles. The fourth-order valence-corrected chi connectivity index (χ4v) is 2.67. The lowest BCUT2D eigenvalue weighted by Crippen LogP contribution is -2.50. The summed E-state index contributed by atoms with van der Waals surface area (Å²) in [6.45, 7) is 5.66. The van der Waals surface area contributed by atoms with Gasteiger partial charge in [-0.3, -0.25) is 4.79 Å². The summed E-state index contributed by atoms with van der Waals surface area (Å²) in [6, 6.07) is 0. The van der Waals surface area contributed by atoms with Gasteiger partial charge in [0.25, 0.3) is 0 Å². The van der Waals surface area contributed by atoms with Crippen LogP contribution in [-0.2, 0) is 9.53 Å². The Hall–Kier alpha value is -0.570. The average Bonchev–Trinajstić information content (AvgIpc) is 2.42. The molecule has 1 fully saturated rings. The Kier molecular flexibility index (Phi) is 4.36. The van der Waals surface area contributed by atoms with E-state index in [9.17, 15) is 9.90 Å². The Morgan fingerprint density at radius 3 is 2.12 bits per heavy atom. The maximum Gasteiger partial charge on any atom is 0.314 e. The molecule has 0 radical (unpaired) electrons. The van der Waals surface area contributed by atoms with Gasteiger partial charge in [-0.05, 0) is 33.6 Å². The summed E-state index contributed by atoms with van der Waals surface area (Å²) in [7, 11) is 0. The van der Waals surface area contributed by atoms with E-state index in [1.807, 2.05) is 6.92 Å². The van der Waals surface area contributed by atoms with E-state index in [4.69, 9.17) is 4.74 Å². The van der Waals surface area contributed by atoms with Crippen molar-refractivity contribution in [2.75, 3.05) is 6.61 Å². The van der Waals surface area contributed by atoms with Crippen molar-refractivity contribution >= 4 is 5.97 Å². The summed E-state index contributed by atoms with van der Waals surface area (Å²) in [4.78, 5) is 12.1. The third-order valence-corrected chi connectivity index (χ3v) is 3.79. The fourth-order valence-electron chi connectivity index (χ4n) is 2.67. The van der Waals surface area contributed by atoms with Crippen molar-refractivity contribution in [1.82, 2.24) is 0 Å². The molecular weight excluding hydrogens is 204 g/mol. The topological polar surface area (TPSA) is 46.5 Å². The average molecular weight is 228 g/mol. The summed E-state index contributed by atoms with van der Waals surface area (Å²) in [5.41, 5.74) is -1.69. The number of hydrogen-bond acceptors (Lipinski definition) is 3. The molecule has 1 aliphatic carbocycles. The fraction of sp³-hybridized carbons (Fsp3) is 0.923. The lowest BCUT2D eigenvalue weighted by Gasteiger charge is -2.40. The van der Waals surface area contributed by atoms with Gasteiger partial charge < -0.3 is 9.84 Å². The zero-order chi connectivity index (χ0) is 12.2. The summed E-state index contributed by atoms with van der Waals surface area (Å²) in [5.74, 6) is -0.218. The zero-order valence-electron chi connectivity index (χ0n) is 10.7. The van der Waals surface area contributed by atoms with Crippen LogP contribution in [0.1, 0.15) is 59.3 Å². The van der Waals surface area contributed by atoms with Gasteiger partial charge in [0.05, 0.1) is 17.6 Å². The molecule has 0 heterocycles. The predicted octanol–water partition coefficient (Wildman–Crippen LogP) is 2.66. The van der Waals surface area contributed by atoms with Gasteiger partial charge in [0, 0.05) is 0 Å². The molecule has 0 amide bonds. The number of carbonyl (C=O) groups is 1. The first-order chi connectivity index (χ1) is 7.44. The van der Waals surface area contributed by atoms with Crippen molar-refractivity contribution in [3.05, 3.63) is 0 Å². The molecule has 1 N–H and O–H groups in total.